The molecule has 0 bridgehead atoms. The average Bonchev–Trinajstić information content (AvgIpc) is 2.49. The summed E-state index contributed by atoms with van der Waals surface area (Å²) in [6.45, 7) is 2.98. The summed E-state index contributed by atoms with van der Waals surface area (Å²) in [6, 6.07) is 0.437. The lowest BCUT2D eigenvalue weighted by Gasteiger charge is -2.27. The summed E-state index contributed by atoms with van der Waals surface area (Å²) in [5.74, 6) is 3.60. The molecule has 3 rings (SSSR count). The summed E-state index contributed by atoms with van der Waals surface area (Å²) in [4.78, 5) is 15.0. The number of rotatable bonds is 3. The Bertz CT molecular complexity index is 451. The maximum Gasteiger partial charge on any atom is 0.231 e. The number of nitrogens with one attached hydrogen (secondary N) is 1. The predicted molar refractivity (Wildman–Crippen MR) is 81.8 cm³/mol. The van der Waals surface area contributed by atoms with Gasteiger partial charge in [0.1, 0.15) is 0 Å². The van der Waals surface area contributed by atoms with Crippen molar-refractivity contribution in [1.82, 2.24) is 15.0 Å². The van der Waals surface area contributed by atoms with Gasteiger partial charge >= 0.3 is 0 Å². The molecule has 20 heavy (non-hydrogen) atoms. The first-order valence-corrected chi connectivity index (χ1v) is 8.43. The maximum atomic E-state index is 6.02. The Morgan fingerprint density at radius 2 is 1.90 bits per heavy atom. The fourth-order valence-electron chi connectivity index (χ4n) is 2.33. The van der Waals surface area contributed by atoms with Gasteiger partial charge < -0.3 is 15.0 Å². The molecule has 0 radical (unpaired) electrons. The Hall–Kier alpha value is -0.790. The van der Waals surface area contributed by atoms with E-state index in [-0.39, 0.29) is 5.28 Å². The minimum Gasteiger partial charge on any atom is -0.378 e. The minimum atomic E-state index is 0.245. The molecule has 6 nitrogen and oxygen atoms in total. The first kappa shape index (κ1) is 14.2. The second kappa shape index (κ2) is 6.78. The van der Waals surface area contributed by atoms with Gasteiger partial charge in [-0.1, -0.05) is 0 Å². The lowest BCUT2D eigenvalue weighted by Crippen LogP contribution is -2.37. The van der Waals surface area contributed by atoms with Crippen molar-refractivity contribution in [3.8, 4) is 0 Å². The van der Waals surface area contributed by atoms with E-state index in [0.717, 1.165) is 25.9 Å². The van der Waals surface area contributed by atoms with E-state index in [1.54, 1.807) is 0 Å². The molecular formula is C12H18ClN5OS. The van der Waals surface area contributed by atoms with E-state index in [1.165, 1.54) is 11.5 Å². The van der Waals surface area contributed by atoms with Crippen molar-refractivity contribution in [2.75, 3.05) is 48.0 Å². The third kappa shape index (κ3) is 3.65. The Morgan fingerprint density at radius 1 is 1.15 bits per heavy atom. The van der Waals surface area contributed by atoms with Gasteiger partial charge in [-0.2, -0.15) is 26.7 Å². The highest BCUT2D eigenvalue weighted by Gasteiger charge is 2.18. The smallest absolute Gasteiger partial charge is 0.231 e. The van der Waals surface area contributed by atoms with Gasteiger partial charge in [0.05, 0.1) is 13.2 Å². The monoisotopic (exact) mass is 315 g/mol. The number of hydrogen-bond acceptors (Lipinski definition) is 7. The zero-order valence-electron chi connectivity index (χ0n) is 11.2. The highest BCUT2D eigenvalue weighted by molar-refractivity contribution is 7.99. The highest BCUT2D eigenvalue weighted by atomic mass is 35.5. The molecule has 1 N–H and O–H groups in total. The zero-order chi connectivity index (χ0) is 13.8. The molecule has 0 saturated carbocycles. The van der Waals surface area contributed by atoms with Crippen molar-refractivity contribution < 1.29 is 4.74 Å². The van der Waals surface area contributed by atoms with Crippen molar-refractivity contribution >= 4 is 35.3 Å². The number of nitrogens with zero attached hydrogens (tertiary/aromatic N) is 4. The Labute approximate surface area is 127 Å². The predicted octanol–water partition coefficient (Wildman–Crippen LogP) is 1.67. The summed E-state index contributed by atoms with van der Waals surface area (Å²) in [7, 11) is 0. The Kier molecular flexibility index (Phi) is 4.80. The van der Waals surface area contributed by atoms with Crippen LogP contribution in [-0.2, 0) is 4.74 Å². The number of aromatic nitrogens is 3. The van der Waals surface area contributed by atoms with Crippen LogP contribution in [0.5, 0.6) is 0 Å². The molecule has 0 aliphatic carbocycles. The molecule has 0 atom stereocenters. The van der Waals surface area contributed by atoms with Crippen molar-refractivity contribution in [1.29, 1.82) is 0 Å². The number of thioether (sulfide) groups is 1. The molecular weight excluding hydrogens is 298 g/mol. The first-order chi connectivity index (χ1) is 9.81. The van der Waals surface area contributed by atoms with E-state index in [1.807, 2.05) is 11.8 Å². The number of anilines is 2. The lowest BCUT2D eigenvalue weighted by molar-refractivity contribution is 0.122. The summed E-state index contributed by atoms with van der Waals surface area (Å²) >= 11 is 8.02. The molecule has 110 valence electrons. The second-order valence-corrected chi connectivity index (χ2v) is 6.42. The molecule has 2 fully saturated rings. The first-order valence-electron chi connectivity index (χ1n) is 6.90. The van der Waals surface area contributed by atoms with Crippen molar-refractivity contribution in [3.05, 3.63) is 5.28 Å². The molecule has 0 spiro atoms. The topological polar surface area (TPSA) is 63.2 Å². The van der Waals surface area contributed by atoms with Crippen molar-refractivity contribution in [2.45, 2.75) is 18.9 Å². The third-order valence-corrected chi connectivity index (χ3v) is 4.66. The molecule has 3 heterocycles. The SMILES string of the molecule is Clc1nc(NC2CCSCC2)nc(N2CCOCC2)n1. The summed E-state index contributed by atoms with van der Waals surface area (Å²) in [5.41, 5.74) is 0. The molecule has 8 heteroatoms. The van der Waals surface area contributed by atoms with E-state index in [2.05, 4.69) is 25.2 Å². The Morgan fingerprint density at radius 3 is 2.65 bits per heavy atom. The number of hydrogen-bond donors (Lipinski definition) is 1. The van der Waals surface area contributed by atoms with Crippen LogP contribution in [-0.4, -0.2) is 58.8 Å². The van der Waals surface area contributed by atoms with Crippen LogP contribution in [0.15, 0.2) is 0 Å². The van der Waals surface area contributed by atoms with Gasteiger partial charge in [-0.3, -0.25) is 0 Å². The minimum absolute atomic E-state index is 0.245. The van der Waals surface area contributed by atoms with Crippen LogP contribution in [0.2, 0.25) is 5.28 Å². The van der Waals surface area contributed by atoms with Crippen LogP contribution in [0.3, 0.4) is 0 Å². The number of halogens is 1. The van der Waals surface area contributed by atoms with E-state index in [9.17, 15) is 0 Å². The van der Waals surface area contributed by atoms with E-state index < -0.39 is 0 Å². The molecule has 1 aromatic heterocycles. The van der Waals surface area contributed by atoms with Crippen LogP contribution in [0, 0.1) is 0 Å². The Balaban J connectivity index is 1.71. The van der Waals surface area contributed by atoms with Gasteiger partial charge in [0, 0.05) is 19.1 Å². The van der Waals surface area contributed by atoms with Crippen LogP contribution in [0.1, 0.15) is 12.8 Å². The molecule has 0 aromatic carbocycles. The van der Waals surface area contributed by atoms with Gasteiger partial charge in [-0.05, 0) is 35.9 Å². The highest BCUT2D eigenvalue weighted by Crippen LogP contribution is 2.21. The quantitative estimate of drug-likeness (QED) is 0.910. The fourth-order valence-corrected chi connectivity index (χ4v) is 3.60. The normalized spacial score (nSPS) is 20.9. The van der Waals surface area contributed by atoms with Gasteiger partial charge in [0.25, 0.3) is 0 Å². The van der Waals surface area contributed by atoms with E-state index >= 15 is 0 Å². The fraction of sp³-hybridized carbons (Fsp3) is 0.750. The zero-order valence-corrected chi connectivity index (χ0v) is 12.8. The van der Waals surface area contributed by atoms with Crippen LogP contribution in [0.4, 0.5) is 11.9 Å². The largest absolute Gasteiger partial charge is 0.378 e. The van der Waals surface area contributed by atoms with Gasteiger partial charge in [0.15, 0.2) is 0 Å². The van der Waals surface area contributed by atoms with Crippen LogP contribution in [0.25, 0.3) is 0 Å². The van der Waals surface area contributed by atoms with Crippen molar-refractivity contribution in [3.63, 3.8) is 0 Å². The lowest BCUT2D eigenvalue weighted by atomic mass is 10.2. The second-order valence-electron chi connectivity index (χ2n) is 4.86. The van der Waals surface area contributed by atoms with E-state index in [0.29, 0.717) is 31.2 Å². The average molecular weight is 316 g/mol. The number of ether oxygens (including phenoxy) is 1. The standard InChI is InChI=1S/C12H18ClN5OS/c13-10-15-11(14-9-1-7-20-8-2-9)17-12(16-10)18-3-5-19-6-4-18/h9H,1-8H2,(H,14,15,16,17). The summed E-state index contributed by atoms with van der Waals surface area (Å²) < 4.78 is 5.34. The molecule has 2 aliphatic heterocycles. The number of morpholine rings is 1. The molecule has 2 saturated heterocycles. The molecule has 2 aliphatic rings. The summed E-state index contributed by atoms with van der Waals surface area (Å²) in [6.07, 6.45) is 2.28. The van der Waals surface area contributed by atoms with Gasteiger partial charge in [-0.25, -0.2) is 0 Å². The van der Waals surface area contributed by atoms with Crippen molar-refractivity contribution in [2.24, 2.45) is 0 Å². The maximum absolute atomic E-state index is 6.02. The molecule has 1 aromatic rings. The molecule has 0 unspecified atom stereocenters. The van der Waals surface area contributed by atoms with E-state index in [4.69, 9.17) is 16.3 Å². The van der Waals surface area contributed by atoms with Gasteiger partial charge in [-0.15, -0.1) is 0 Å². The summed E-state index contributed by atoms with van der Waals surface area (Å²) in [5, 5.41) is 3.63. The van der Waals surface area contributed by atoms with Crippen LogP contribution >= 0.6 is 23.4 Å². The van der Waals surface area contributed by atoms with Crippen LogP contribution < -0.4 is 10.2 Å². The molecule has 0 amide bonds. The van der Waals surface area contributed by atoms with Gasteiger partial charge in [0.2, 0.25) is 17.2 Å². The third-order valence-electron chi connectivity index (χ3n) is 3.44.